The molecule has 1 saturated heterocycles. The van der Waals surface area contributed by atoms with Crippen molar-refractivity contribution in [1.29, 1.82) is 0 Å². The highest BCUT2D eigenvalue weighted by molar-refractivity contribution is 5.67. The number of nitro benzene ring substituents is 1. The van der Waals surface area contributed by atoms with E-state index in [2.05, 4.69) is 15.5 Å². The second-order valence-electron chi connectivity index (χ2n) is 4.58. The molecule has 3 rings (SSSR count). The number of hydrogen-bond acceptors (Lipinski definition) is 7. The van der Waals surface area contributed by atoms with Crippen molar-refractivity contribution in [3.05, 3.63) is 40.3 Å². The minimum Gasteiger partial charge on any atom is -0.392 e. The van der Waals surface area contributed by atoms with E-state index < -0.39 is 11.0 Å². The van der Waals surface area contributed by atoms with Crippen LogP contribution in [0.5, 0.6) is 0 Å². The number of benzene rings is 1. The number of para-hydroxylation sites is 1. The molecule has 8 nitrogen and oxygen atoms in total. The number of hydrogen-bond donors (Lipinski definition) is 2. The molecule has 0 saturated carbocycles. The van der Waals surface area contributed by atoms with Crippen LogP contribution < -0.4 is 5.32 Å². The number of aromatic nitrogens is 2. The largest absolute Gasteiger partial charge is 0.392 e. The SMILES string of the molecule is O=[N+]([O-])c1ccccc1-c1noc([C@@H]2CC(O)CN2)n1. The fourth-order valence-corrected chi connectivity index (χ4v) is 2.21. The summed E-state index contributed by atoms with van der Waals surface area (Å²) in [6, 6.07) is 6.01. The van der Waals surface area contributed by atoms with Crippen LogP contribution in [0.3, 0.4) is 0 Å². The van der Waals surface area contributed by atoms with Gasteiger partial charge in [-0.05, 0) is 12.5 Å². The minimum atomic E-state index is -0.483. The average molecular weight is 276 g/mol. The summed E-state index contributed by atoms with van der Waals surface area (Å²) in [5.41, 5.74) is 0.241. The highest BCUT2D eigenvalue weighted by atomic mass is 16.6. The van der Waals surface area contributed by atoms with E-state index >= 15 is 0 Å². The second kappa shape index (κ2) is 4.99. The van der Waals surface area contributed by atoms with E-state index in [0.29, 0.717) is 24.4 Å². The van der Waals surface area contributed by atoms with Crippen LogP contribution in [0, 0.1) is 10.1 Å². The third kappa shape index (κ3) is 2.26. The van der Waals surface area contributed by atoms with E-state index in [0.717, 1.165) is 0 Å². The van der Waals surface area contributed by atoms with Crippen molar-refractivity contribution in [1.82, 2.24) is 15.5 Å². The van der Waals surface area contributed by atoms with Gasteiger partial charge in [-0.3, -0.25) is 10.1 Å². The predicted octanol–water partition coefficient (Wildman–Crippen LogP) is 1.04. The lowest BCUT2D eigenvalue weighted by atomic mass is 10.1. The van der Waals surface area contributed by atoms with Gasteiger partial charge in [0.15, 0.2) is 0 Å². The Bertz CT molecular complexity index is 642. The summed E-state index contributed by atoms with van der Waals surface area (Å²) in [6.07, 6.45) is 0.0415. The molecule has 0 radical (unpaired) electrons. The third-order valence-corrected chi connectivity index (χ3v) is 3.19. The molecule has 2 aromatic rings. The van der Waals surface area contributed by atoms with Crippen LogP contribution >= 0.6 is 0 Å². The lowest BCUT2D eigenvalue weighted by molar-refractivity contribution is -0.384. The summed E-state index contributed by atoms with van der Waals surface area (Å²) < 4.78 is 5.13. The number of nitrogens with one attached hydrogen (secondary N) is 1. The number of β-amino-alcohol motifs (C(OH)–C–C–N with tert-alkyl or cyclic N) is 1. The van der Waals surface area contributed by atoms with E-state index in [4.69, 9.17) is 4.52 Å². The zero-order valence-electron chi connectivity index (χ0n) is 10.4. The van der Waals surface area contributed by atoms with Crippen LogP contribution in [0.2, 0.25) is 0 Å². The van der Waals surface area contributed by atoms with Gasteiger partial charge in [-0.1, -0.05) is 17.3 Å². The van der Waals surface area contributed by atoms with Crippen LogP contribution in [0.15, 0.2) is 28.8 Å². The van der Waals surface area contributed by atoms with E-state index in [1.807, 2.05) is 0 Å². The van der Waals surface area contributed by atoms with Gasteiger partial charge in [0.1, 0.15) is 5.56 Å². The Hall–Kier alpha value is -2.32. The van der Waals surface area contributed by atoms with Gasteiger partial charge in [-0.25, -0.2) is 0 Å². The fraction of sp³-hybridized carbons (Fsp3) is 0.333. The van der Waals surface area contributed by atoms with E-state index in [1.54, 1.807) is 18.2 Å². The number of aliphatic hydroxyl groups excluding tert-OH is 1. The summed E-state index contributed by atoms with van der Waals surface area (Å²) in [6.45, 7) is 0.466. The molecule has 1 aliphatic rings. The smallest absolute Gasteiger partial charge is 0.280 e. The molecule has 0 bridgehead atoms. The Morgan fingerprint density at radius 2 is 2.25 bits per heavy atom. The molecular formula is C12H12N4O4. The summed E-state index contributed by atoms with van der Waals surface area (Å²) in [5.74, 6) is 0.505. The zero-order chi connectivity index (χ0) is 14.1. The maximum absolute atomic E-state index is 11.0. The Morgan fingerprint density at radius 1 is 1.45 bits per heavy atom. The molecule has 0 aliphatic carbocycles. The number of nitro groups is 1. The first kappa shape index (κ1) is 12.7. The summed E-state index contributed by atoms with van der Waals surface area (Å²) in [4.78, 5) is 14.7. The Kier molecular flexibility index (Phi) is 3.17. The topological polar surface area (TPSA) is 114 Å². The first-order chi connectivity index (χ1) is 9.65. The van der Waals surface area contributed by atoms with Gasteiger partial charge >= 0.3 is 0 Å². The second-order valence-corrected chi connectivity index (χ2v) is 4.58. The van der Waals surface area contributed by atoms with E-state index in [9.17, 15) is 15.2 Å². The van der Waals surface area contributed by atoms with Gasteiger partial charge in [0, 0.05) is 12.6 Å². The minimum absolute atomic E-state index is 0.0701. The molecule has 20 heavy (non-hydrogen) atoms. The Balaban J connectivity index is 1.92. The predicted molar refractivity (Wildman–Crippen MR) is 67.8 cm³/mol. The first-order valence-electron chi connectivity index (χ1n) is 6.14. The van der Waals surface area contributed by atoms with Gasteiger partial charge in [0.2, 0.25) is 11.7 Å². The normalized spacial score (nSPS) is 22.1. The summed E-state index contributed by atoms with van der Waals surface area (Å²) >= 11 is 0. The maximum Gasteiger partial charge on any atom is 0.280 e. The van der Waals surface area contributed by atoms with E-state index in [-0.39, 0.29) is 17.6 Å². The third-order valence-electron chi connectivity index (χ3n) is 3.19. The molecule has 1 aliphatic heterocycles. The number of nitrogens with zero attached hydrogens (tertiary/aromatic N) is 3. The lowest BCUT2D eigenvalue weighted by Crippen LogP contribution is -2.15. The average Bonchev–Trinajstić information content (AvgIpc) is 3.07. The molecule has 1 aromatic carbocycles. The molecule has 1 aromatic heterocycles. The van der Waals surface area contributed by atoms with Crippen LogP contribution in [-0.4, -0.2) is 32.8 Å². The van der Waals surface area contributed by atoms with Crippen LogP contribution in [0.1, 0.15) is 18.4 Å². The fourth-order valence-electron chi connectivity index (χ4n) is 2.21. The van der Waals surface area contributed by atoms with Crippen molar-refractivity contribution >= 4 is 5.69 Å². The van der Waals surface area contributed by atoms with Crippen molar-refractivity contribution in [2.45, 2.75) is 18.6 Å². The van der Waals surface area contributed by atoms with Crippen molar-refractivity contribution in [3.8, 4) is 11.4 Å². The highest BCUT2D eigenvalue weighted by Crippen LogP contribution is 2.29. The monoisotopic (exact) mass is 276 g/mol. The lowest BCUT2D eigenvalue weighted by Gasteiger charge is -2.01. The van der Waals surface area contributed by atoms with Gasteiger partial charge in [-0.15, -0.1) is 0 Å². The molecule has 2 atom stereocenters. The number of aliphatic hydroxyl groups is 1. The molecule has 2 heterocycles. The van der Waals surface area contributed by atoms with E-state index in [1.165, 1.54) is 6.07 Å². The zero-order valence-corrected chi connectivity index (χ0v) is 10.4. The van der Waals surface area contributed by atoms with Crippen LogP contribution in [0.4, 0.5) is 5.69 Å². The first-order valence-corrected chi connectivity index (χ1v) is 6.14. The molecular weight excluding hydrogens is 264 g/mol. The quantitative estimate of drug-likeness (QED) is 0.635. The Morgan fingerprint density at radius 3 is 2.95 bits per heavy atom. The summed E-state index contributed by atoms with van der Waals surface area (Å²) in [7, 11) is 0. The standard InChI is InChI=1S/C12H12N4O4/c17-7-5-9(13-6-7)12-14-11(15-20-12)8-3-1-2-4-10(8)16(18)19/h1-4,7,9,13,17H,5-6H2/t7?,9-/m0/s1. The van der Waals surface area contributed by atoms with Crippen LogP contribution in [-0.2, 0) is 0 Å². The van der Waals surface area contributed by atoms with Crippen molar-refractivity contribution in [2.75, 3.05) is 6.54 Å². The molecule has 8 heteroatoms. The molecule has 104 valence electrons. The summed E-state index contributed by atoms with van der Waals surface area (Å²) in [5, 5.41) is 27.3. The van der Waals surface area contributed by atoms with Crippen molar-refractivity contribution in [2.24, 2.45) is 0 Å². The van der Waals surface area contributed by atoms with Crippen molar-refractivity contribution in [3.63, 3.8) is 0 Å². The number of rotatable bonds is 3. The Labute approximate surface area is 113 Å². The molecule has 0 spiro atoms. The molecule has 2 N–H and O–H groups in total. The van der Waals surface area contributed by atoms with Gasteiger partial charge in [0.05, 0.1) is 17.1 Å². The molecule has 0 amide bonds. The van der Waals surface area contributed by atoms with Crippen molar-refractivity contribution < 1.29 is 14.6 Å². The molecule has 1 fully saturated rings. The van der Waals surface area contributed by atoms with Gasteiger partial charge in [-0.2, -0.15) is 4.98 Å². The molecule has 1 unspecified atom stereocenters. The van der Waals surface area contributed by atoms with Crippen LogP contribution in [0.25, 0.3) is 11.4 Å². The van der Waals surface area contributed by atoms with Gasteiger partial charge in [0.25, 0.3) is 5.69 Å². The van der Waals surface area contributed by atoms with Gasteiger partial charge < -0.3 is 14.9 Å². The maximum atomic E-state index is 11.0. The highest BCUT2D eigenvalue weighted by Gasteiger charge is 2.29.